The van der Waals surface area contributed by atoms with E-state index in [0.717, 1.165) is 0 Å². The molecule has 0 spiro atoms. The molecule has 0 saturated carbocycles. The first-order chi connectivity index (χ1) is 6.88. The van der Waals surface area contributed by atoms with E-state index < -0.39 is 5.41 Å². The van der Waals surface area contributed by atoms with Gasteiger partial charge in [-0.05, 0) is 42.0 Å². The van der Waals surface area contributed by atoms with Crippen LogP contribution in [-0.2, 0) is 5.41 Å². The lowest BCUT2D eigenvalue weighted by Gasteiger charge is -2.25. The Morgan fingerprint density at radius 3 is 2.33 bits per heavy atom. The Labute approximate surface area is 94.3 Å². The molecule has 0 aliphatic rings. The maximum Gasteiger partial charge on any atom is 0.127 e. The lowest BCUT2D eigenvalue weighted by Crippen LogP contribution is -2.20. The summed E-state index contributed by atoms with van der Waals surface area (Å²) in [6.07, 6.45) is 0.619. The van der Waals surface area contributed by atoms with Crippen molar-refractivity contribution in [3.8, 4) is 0 Å². The Kier molecular flexibility index (Phi) is 3.72. The molecule has 0 bridgehead atoms. The van der Waals surface area contributed by atoms with Crippen LogP contribution in [0, 0.1) is 18.6 Å². The number of hydrogen-bond acceptors (Lipinski definition) is 0. The van der Waals surface area contributed by atoms with E-state index in [4.69, 9.17) is 11.6 Å². The molecule has 0 aliphatic heterocycles. The second kappa shape index (κ2) is 4.48. The van der Waals surface area contributed by atoms with Gasteiger partial charge in [-0.3, -0.25) is 0 Å². The second-order valence-electron chi connectivity index (χ2n) is 4.40. The molecule has 1 aromatic rings. The van der Waals surface area contributed by atoms with Crippen molar-refractivity contribution >= 4 is 11.6 Å². The maximum atomic E-state index is 13.6. The van der Waals surface area contributed by atoms with Gasteiger partial charge in [-0.15, -0.1) is 11.6 Å². The highest BCUT2D eigenvalue weighted by Gasteiger charge is 2.24. The van der Waals surface area contributed by atoms with Gasteiger partial charge in [0.2, 0.25) is 0 Å². The highest BCUT2D eigenvalue weighted by atomic mass is 35.5. The average molecular weight is 233 g/mol. The van der Waals surface area contributed by atoms with Gasteiger partial charge in [0.25, 0.3) is 0 Å². The minimum atomic E-state index is -0.430. The molecule has 0 aromatic heterocycles. The molecule has 0 unspecified atom stereocenters. The van der Waals surface area contributed by atoms with E-state index in [9.17, 15) is 8.78 Å². The molecular weight excluding hydrogens is 218 g/mol. The van der Waals surface area contributed by atoms with Crippen molar-refractivity contribution in [2.24, 2.45) is 0 Å². The van der Waals surface area contributed by atoms with E-state index in [1.807, 2.05) is 13.8 Å². The summed E-state index contributed by atoms with van der Waals surface area (Å²) in [7, 11) is 0. The molecule has 84 valence electrons. The summed E-state index contributed by atoms with van der Waals surface area (Å²) in [6.45, 7) is 5.28. The minimum Gasteiger partial charge on any atom is -0.207 e. The Morgan fingerprint density at radius 1 is 1.20 bits per heavy atom. The summed E-state index contributed by atoms with van der Waals surface area (Å²) in [5.41, 5.74) is 0.296. The summed E-state index contributed by atoms with van der Waals surface area (Å²) < 4.78 is 27.0. The monoisotopic (exact) mass is 232 g/mol. The van der Waals surface area contributed by atoms with E-state index in [2.05, 4.69) is 0 Å². The first kappa shape index (κ1) is 12.4. The topological polar surface area (TPSA) is 0 Å². The number of aryl methyl sites for hydroxylation is 1. The number of hydrogen-bond donors (Lipinski definition) is 0. The lowest BCUT2D eigenvalue weighted by molar-refractivity contribution is 0.464. The first-order valence-electron chi connectivity index (χ1n) is 4.90. The van der Waals surface area contributed by atoms with Gasteiger partial charge in [-0.2, -0.15) is 0 Å². The number of benzene rings is 1. The molecule has 15 heavy (non-hydrogen) atoms. The van der Waals surface area contributed by atoms with Crippen LogP contribution in [0.15, 0.2) is 12.1 Å². The average Bonchev–Trinajstić information content (AvgIpc) is 2.11. The van der Waals surface area contributed by atoms with Crippen LogP contribution in [0.2, 0.25) is 0 Å². The zero-order chi connectivity index (χ0) is 11.6. The van der Waals surface area contributed by atoms with Crippen LogP contribution >= 0.6 is 11.6 Å². The molecule has 0 nitrogen and oxygen atoms in total. The van der Waals surface area contributed by atoms with Gasteiger partial charge in [0.05, 0.1) is 0 Å². The zero-order valence-corrected chi connectivity index (χ0v) is 9.96. The first-order valence-corrected chi connectivity index (χ1v) is 5.44. The van der Waals surface area contributed by atoms with Crippen LogP contribution < -0.4 is 0 Å². The summed E-state index contributed by atoms with van der Waals surface area (Å²) in [5.74, 6) is -0.292. The SMILES string of the molecule is Cc1cc(F)c(C(C)(C)CCCl)cc1F. The van der Waals surface area contributed by atoms with Gasteiger partial charge >= 0.3 is 0 Å². The molecule has 0 radical (unpaired) electrons. The maximum absolute atomic E-state index is 13.6. The predicted octanol–water partition coefficient (Wildman–Crippen LogP) is 4.18. The standard InChI is InChI=1S/C12H15ClF2/c1-8-6-11(15)9(7-10(8)14)12(2,3)4-5-13/h6-7H,4-5H2,1-3H3. The molecule has 0 aliphatic carbocycles. The van der Waals surface area contributed by atoms with Crippen molar-refractivity contribution in [2.45, 2.75) is 32.6 Å². The molecule has 3 heteroatoms. The van der Waals surface area contributed by atoms with Crippen LogP contribution in [0.5, 0.6) is 0 Å². The highest BCUT2D eigenvalue weighted by molar-refractivity contribution is 6.17. The summed E-state index contributed by atoms with van der Waals surface area (Å²) in [6, 6.07) is 2.51. The molecule has 1 rings (SSSR count). The van der Waals surface area contributed by atoms with Gasteiger partial charge in [-0.25, -0.2) is 8.78 Å². The molecule has 0 heterocycles. The van der Waals surface area contributed by atoms with Gasteiger partial charge in [0.1, 0.15) is 11.6 Å². The fourth-order valence-electron chi connectivity index (χ4n) is 1.54. The highest BCUT2D eigenvalue weighted by Crippen LogP contribution is 2.30. The third-order valence-electron chi connectivity index (χ3n) is 2.70. The number of alkyl halides is 1. The molecule has 0 fully saturated rings. The van der Waals surface area contributed by atoms with Crippen LogP contribution in [-0.4, -0.2) is 5.88 Å². The van der Waals surface area contributed by atoms with E-state index >= 15 is 0 Å². The summed E-state index contributed by atoms with van der Waals surface area (Å²) >= 11 is 5.64. The zero-order valence-electron chi connectivity index (χ0n) is 9.20. The lowest BCUT2D eigenvalue weighted by atomic mass is 9.81. The molecule has 0 amide bonds. The normalized spacial score (nSPS) is 11.9. The Balaban J connectivity index is 3.19. The van der Waals surface area contributed by atoms with Crippen molar-refractivity contribution in [3.63, 3.8) is 0 Å². The quantitative estimate of drug-likeness (QED) is 0.686. The fraction of sp³-hybridized carbons (Fsp3) is 0.500. The number of rotatable bonds is 3. The predicted molar refractivity (Wildman–Crippen MR) is 59.5 cm³/mol. The minimum absolute atomic E-state index is 0.331. The van der Waals surface area contributed by atoms with E-state index in [0.29, 0.717) is 23.4 Å². The van der Waals surface area contributed by atoms with Crippen LogP contribution in [0.1, 0.15) is 31.4 Å². The summed E-state index contributed by atoms with van der Waals surface area (Å²) in [5, 5.41) is 0. The van der Waals surface area contributed by atoms with Crippen LogP contribution in [0.3, 0.4) is 0 Å². The van der Waals surface area contributed by atoms with Crippen molar-refractivity contribution in [1.29, 1.82) is 0 Å². The van der Waals surface area contributed by atoms with Crippen molar-refractivity contribution in [2.75, 3.05) is 5.88 Å². The van der Waals surface area contributed by atoms with Crippen molar-refractivity contribution in [1.82, 2.24) is 0 Å². The largest absolute Gasteiger partial charge is 0.207 e. The Morgan fingerprint density at radius 2 is 1.80 bits per heavy atom. The Hall–Kier alpha value is -0.630. The van der Waals surface area contributed by atoms with Gasteiger partial charge < -0.3 is 0 Å². The van der Waals surface area contributed by atoms with Crippen LogP contribution in [0.25, 0.3) is 0 Å². The second-order valence-corrected chi connectivity index (χ2v) is 4.78. The molecule has 0 N–H and O–H groups in total. The molecule has 0 saturated heterocycles. The van der Waals surface area contributed by atoms with Gasteiger partial charge in [-0.1, -0.05) is 13.8 Å². The van der Waals surface area contributed by atoms with Gasteiger partial charge in [0, 0.05) is 5.88 Å². The number of halogens is 3. The third kappa shape index (κ3) is 2.69. The van der Waals surface area contributed by atoms with Crippen molar-refractivity contribution in [3.05, 3.63) is 34.9 Å². The smallest absolute Gasteiger partial charge is 0.127 e. The molecule has 1 aromatic carbocycles. The van der Waals surface area contributed by atoms with E-state index in [-0.39, 0.29) is 11.6 Å². The van der Waals surface area contributed by atoms with E-state index in [1.54, 1.807) is 6.92 Å². The molecular formula is C12H15ClF2. The fourth-order valence-corrected chi connectivity index (χ4v) is 2.01. The van der Waals surface area contributed by atoms with Crippen LogP contribution in [0.4, 0.5) is 8.78 Å². The molecule has 0 atom stereocenters. The van der Waals surface area contributed by atoms with Gasteiger partial charge in [0.15, 0.2) is 0 Å². The Bertz CT molecular complexity index is 359. The van der Waals surface area contributed by atoms with E-state index in [1.165, 1.54) is 12.1 Å². The van der Waals surface area contributed by atoms with Crippen molar-refractivity contribution < 1.29 is 8.78 Å². The summed E-state index contributed by atoms with van der Waals surface area (Å²) in [4.78, 5) is 0. The third-order valence-corrected chi connectivity index (χ3v) is 2.89.